The van der Waals surface area contributed by atoms with Crippen LogP contribution in [0.25, 0.3) is 0 Å². The van der Waals surface area contributed by atoms with Gasteiger partial charge in [0, 0.05) is 0 Å². The molecule has 0 unspecified atom stereocenters. The molecule has 0 N–H and O–H groups in total. The van der Waals surface area contributed by atoms with Gasteiger partial charge in [0.2, 0.25) is 0 Å². The van der Waals surface area contributed by atoms with E-state index in [9.17, 15) is 0 Å². The van der Waals surface area contributed by atoms with Gasteiger partial charge in [-0.3, -0.25) is 0 Å². The third kappa shape index (κ3) is 2930. The second kappa shape index (κ2) is 87.1. The molecule has 0 fully saturated rings. The van der Waals surface area contributed by atoms with Crippen LogP contribution in [0.5, 0.6) is 0 Å². The number of rotatable bonds is 0. The van der Waals surface area contributed by atoms with E-state index in [2.05, 4.69) is 0 Å². The zero-order valence-corrected chi connectivity index (χ0v) is 59.0. The Morgan fingerprint density at radius 3 is 0.273 bits per heavy atom. The minimum Gasteiger partial charge on any atom is 2.00 e. The van der Waals surface area contributed by atoms with E-state index in [4.69, 9.17) is 101 Å². The van der Waals surface area contributed by atoms with E-state index in [1.54, 1.807) is 0 Å². The maximum absolute atomic E-state index is 8.62. The van der Waals surface area contributed by atoms with Crippen molar-refractivity contribution in [3.05, 3.63) is 0 Å². The van der Waals surface area contributed by atoms with Gasteiger partial charge in [0.15, 0.2) is 0 Å². The Kier molecular flexibility index (Phi) is 183. The minimum atomic E-state index is -4.34. The van der Waals surface area contributed by atoms with Crippen molar-refractivity contribution in [3.8, 4) is 0 Å². The standard InChI is InChI=1S/2Bi.5Nb.30O.5Ta.2Zn/q2*+3;;;;;;;;;;;;;;;;;;;;;;;;;;10*-1;;;;;;2*+2. The SMILES string of the molecule is [Bi+3].[Bi+3].[O]=[Nb](=[O])[O-].[O]=[Nb](=[O])[O-].[O]=[Nb](=[O])[O-].[O]=[Nb](=[O])[O-].[O]=[Nb](=[O])[O-].[O]=[Ta](=[O])[O-].[O]=[Ta](=[O])[O-].[O]=[Ta](=[O])[O-].[O]=[Ta](=[O])[O-].[O]=[Ta](=[O])[O-].[Zn+2].[Zn+2]. The smallest absolute Gasteiger partial charge is 2.00 e. The van der Waals surface area contributed by atoms with Crippen LogP contribution in [0, 0.1) is 0 Å². The van der Waals surface area contributed by atoms with Crippen LogP contribution >= 0.6 is 0 Å². The average molecular weight is 2400 g/mol. The van der Waals surface area contributed by atoms with E-state index in [0.29, 0.717) is 0 Å². The van der Waals surface area contributed by atoms with Crippen molar-refractivity contribution in [2.75, 3.05) is 0 Å². The van der Waals surface area contributed by atoms with Crippen molar-refractivity contribution in [1.82, 2.24) is 0 Å². The third-order valence-corrected chi connectivity index (χ3v) is 0. The predicted molar refractivity (Wildman–Crippen MR) is 25.2 cm³/mol. The molecule has 0 heterocycles. The van der Waals surface area contributed by atoms with Crippen molar-refractivity contribution in [2.24, 2.45) is 0 Å². The van der Waals surface area contributed by atoms with Crippen LogP contribution < -0.4 is 36.1 Å². The Labute approximate surface area is 371 Å². The van der Waals surface area contributed by atoms with Crippen LogP contribution in [0.3, 0.4) is 0 Å². The summed E-state index contributed by atoms with van der Waals surface area (Å²) < 4.78 is 258. The number of hydrogen-bond acceptors (Lipinski definition) is 30. The van der Waals surface area contributed by atoms with Gasteiger partial charge in [-0.25, -0.2) is 0 Å². The predicted octanol–water partition coefficient (Wildman–Crippen LogP) is -15.1. The molecule has 0 bridgehead atoms. The molecule has 0 aromatic heterocycles. The van der Waals surface area contributed by atoms with Gasteiger partial charge in [0.1, 0.15) is 0 Å². The van der Waals surface area contributed by atoms with Gasteiger partial charge in [-0.1, -0.05) is 0 Å². The van der Waals surface area contributed by atoms with E-state index in [0.717, 1.165) is 0 Å². The molecule has 0 aliphatic rings. The Balaban J connectivity index is -0.0000000187. The molecule has 0 aromatic carbocycles. The quantitative estimate of drug-likeness (QED) is 0.203. The molecule has 44 heteroatoms. The fourth-order valence-electron chi connectivity index (χ4n) is 0. The first-order chi connectivity index (χ1) is 17.3. The van der Waals surface area contributed by atoms with E-state index in [-0.39, 0.29) is 91.4 Å². The van der Waals surface area contributed by atoms with Crippen LogP contribution in [0.15, 0.2) is 0 Å². The van der Waals surface area contributed by atoms with Crippen molar-refractivity contribution >= 4 is 52.4 Å². The summed E-state index contributed by atoms with van der Waals surface area (Å²) in [6, 6.07) is 0. The topological polar surface area (TPSA) is 572 Å². The largest absolute Gasteiger partial charge is 2.00 e. The zero-order valence-electron chi connectivity index (χ0n) is 19.0. The Hall–Kier alpha value is 6.02. The summed E-state index contributed by atoms with van der Waals surface area (Å²) in [6.45, 7) is 0. The van der Waals surface area contributed by atoms with Crippen LogP contribution in [0.4, 0.5) is 0 Å². The van der Waals surface area contributed by atoms with Crippen molar-refractivity contribution < 1.29 is 328 Å². The maximum atomic E-state index is 8.62. The van der Waals surface area contributed by atoms with E-state index >= 15 is 0 Å². The molecule has 0 saturated heterocycles. The summed E-state index contributed by atoms with van der Waals surface area (Å²) >= 11 is -42.7. The molecule has 0 rings (SSSR count). The summed E-state index contributed by atoms with van der Waals surface area (Å²) in [5.41, 5.74) is 0. The molecule has 0 aliphatic heterocycles. The molecule has 244 valence electrons. The Morgan fingerprint density at radius 2 is 0.273 bits per heavy atom. The molecule has 0 spiro atoms. The molecule has 0 aromatic rings. The summed E-state index contributed by atoms with van der Waals surface area (Å²) in [7, 11) is 0. The molecule has 0 amide bonds. The first-order valence-corrected chi connectivity index (χ1v) is 38.6. The van der Waals surface area contributed by atoms with Crippen LogP contribution in [0.1, 0.15) is 0 Å². The van der Waals surface area contributed by atoms with Gasteiger partial charge < -0.3 is 0 Å². The first-order valence-electron chi connectivity index (χ1n) is 5.48. The molecule has 0 atom stereocenters. The Morgan fingerprint density at radius 1 is 0.273 bits per heavy atom. The van der Waals surface area contributed by atoms with E-state index < -0.39 is 188 Å². The normalized spacial score (nSPS) is 5.68. The first kappa shape index (κ1) is 92.6. The number of hydrogen-bond donors (Lipinski definition) is 0. The Bertz CT molecular complexity index is 882. The van der Waals surface area contributed by atoms with Crippen LogP contribution in [-0.4, -0.2) is 52.4 Å². The van der Waals surface area contributed by atoms with Crippen LogP contribution in [-0.2, 0) is 292 Å². The molecule has 0 saturated carbocycles. The average Bonchev–Trinajstić information content (AvgIpc) is 2.47. The van der Waals surface area contributed by atoms with E-state index in [1.165, 1.54) is 0 Å². The maximum Gasteiger partial charge on any atom is 2.00 e. The summed E-state index contributed by atoms with van der Waals surface area (Å²) in [5, 5.41) is 0. The van der Waals surface area contributed by atoms with Gasteiger partial charge in [-0.15, -0.1) is 0 Å². The molecule has 44 heavy (non-hydrogen) atoms. The van der Waals surface area contributed by atoms with Gasteiger partial charge in [-0.05, 0) is 0 Å². The summed E-state index contributed by atoms with van der Waals surface area (Å²) in [4.78, 5) is 0. The summed E-state index contributed by atoms with van der Waals surface area (Å²) in [6.07, 6.45) is 0. The molecule has 4 radical (unpaired) electrons. The molecular formula is Bi2Nb5O30Ta5Zn2. The zero-order chi connectivity index (χ0) is 35.8. The van der Waals surface area contributed by atoms with Gasteiger partial charge in [-0.2, -0.15) is 0 Å². The molecular weight excluding hydrogens is 2400 g/mol. The minimum absolute atomic E-state index is 0. The fraction of sp³-hybridized carbons (Fsp3) is 0. The van der Waals surface area contributed by atoms with Crippen LogP contribution in [0.2, 0.25) is 0 Å². The third-order valence-electron chi connectivity index (χ3n) is 0. The van der Waals surface area contributed by atoms with Gasteiger partial charge in [0.05, 0.1) is 0 Å². The molecule has 0 aliphatic carbocycles. The van der Waals surface area contributed by atoms with Gasteiger partial charge >= 0.3 is 380 Å². The fourth-order valence-corrected chi connectivity index (χ4v) is 0. The van der Waals surface area contributed by atoms with E-state index in [1.807, 2.05) is 0 Å². The van der Waals surface area contributed by atoms with Crippen molar-refractivity contribution in [3.63, 3.8) is 0 Å². The van der Waals surface area contributed by atoms with Crippen molar-refractivity contribution in [1.29, 1.82) is 0 Å². The van der Waals surface area contributed by atoms with Crippen molar-refractivity contribution in [2.45, 2.75) is 0 Å². The monoisotopic (exact) mass is 2390 g/mol. The summed E-state index contributed by atoms with van der Waals surface area (Å²) in [5.74, 6) is 0. The van der Waals surface area contributed by atoms with Gasteiger partial charge in [0.25, 0.3) is 0 Å². The molecule has 30 nitrogen and oxygen atoms in total. The second-order valence-electron chi connectivity index (χ2n) is 2.24. The second-order valence-corrected chi connectivity index (χ2v) is 15.8.